The van der Waals surface area contributed by atoms with Crippen LogP contribution in [-0.4, -0.2) is 46.3 Å². The molecule has 1 heterocycles. The summed E-state index contributed by atoms with van der Waals surface area (Å²) in [6.07, 6.45) is 4.09. The molecule has 8 nitrogen and oxygen atoms in total. The van der Waals surface area contributed by atoms with Gasteiger partial charge in [-0.2, -0.15) is 5.26 Å². The van der Waals surface area contributed by atoms with Gasteiger partial charge in [-0.15, -0.1) is 5.10 Å². The molecule has 2 aromatic carbocycles. The van der Waals surface area contributed by atoms with Gasteiger partial charge in [0, 0.05) is 38.0 Å². The van der Waals surface area contributed by atoms with E-state index in [1.807, 2.05) is 18.2 Å². The second-order valence-electron chi connectivity index (χ2n) is 6.54. The molecule has 3 rings (SSSR count). The first-order valence-electron chi connectivity index (χ1n) is 9.34. The predicted molar refractivity (Wildman–Crippen MR) is 115 cm³/mol. The van der Waals surface area contributed by atoms with Gasteiger partial charge in [0.1, 0.15) is 6.54 Å². The maximum absolute atomic E-state index is 12.3. The summed E-state index contributed by atoms with van der Waals surface area (Å²) in [4.78, 5) is 23.2. The minimum atomic E-state index is -0.172. The van der Waals surface area contributed by atoms with Crippen molar-refractivity contribution in [2.24, 2.45) is 0 Å². The van der Waals surface area contributed by atoms with Crippen LogP contribution in [0.3, 0.4) is 0 Å². The fraction of sp³-hybridized carbons (Fsp3) is 0.174. The van der Waals surface area contributed by atoms with Gasteiger partial charge in [-0.05, 0) is 35.9 Å². The maximum Gasteiger partial charge on any atom is 0.251 e. The molecule has 0 unspecified atom stereocenters. The zero-order valence-electron chi connectivity index (χ0n) is 17.3. The highest BCUT2D eigenvalue weighted by atomic mass is 16.1. The van der Waals surface area contributed by atoms with Crippen molar-refractivity contribution >= 4 is 12.3 Å². The summed E-state index contributed by atoms with van der Waals surface area (Å²) in [7, 11) is 3.38. The normalized spacial score (nSPS) is 9.19. The van der Waals surface area contributed by atoms with Gasteiger partial charge in [0.25, 0.3) is 5.91 Å². The topological polar surface area (TPSA) is 104 Å². The zero-order valence-corrected chi connectivity index (χ0v) is 17.3. The highest BCUT2D eigenvalue weighted by molar-refractivity contribution is 5.94. The Bertz CT molecular complexity index is 1090. The van der Waals surface area contributed by atoms with E-state index in [4.69, 9.17) is 5.26 Å². The van der Waals surface area contributed by atoms with Crippen LogP contribution >= 0.6 is 0 Å². The summed E-state index contributed by atoms with van der Waals surface area (Å²) < 4.78 is 1.63. The molecule has 31 heavy (non-hydrogen) atoms. The first-order chi connectivity index (χ1) is 15.0. The van der Waals surface area contributed by atoms with E-state index < -0.39 is 0 Å². The Labute approximate surface area is 181 Å². The van der Waals surface area contributed by atoms with E-state index in [0.29, 0.717) is 24.2 Å². The number of nitriles is 1. The number of nitrogens with one attached hydrogen (secondary N) is 1. The molecule has 8 heteroatoms. The van der Waals surface area contributed by atoms with E-state index in [1.165, 1.54) is 4.90 Å². The van der Waals surface area contributed by atoms with Crippen LogP contribution in [0.4, 0.5) is 0 Å². The number of hydrogen-bond donors (Lipinski definition) is 1. The summed E-state index contributed by atoms with van der Waals surface area (Å²) in [5.74, 6) is 5.83. The van der Waals surface area contributed by atoms with Gasteiger partial charge in [-0.25, -0.2) is 4.68 Å². The lowest BCUT2D eigenvalue weighted by molar-refractivity contribution is -0.115. The fourth-order valence-electron chi connectivity index (χ4n) is 2.26. The molecule has 0 aliphatic heterocycles. The lowest BCUT2D eigenvalue weighted by Crippen LogP contribution is -2.22. The van der Waals surface area contributed by atoms with Gasteiger partial charge in [0.2, 0.25) is 6.41 Å². The van der Waals surface area contributed by atoms with Crippen molar-refractivity contribution in [1.29, 1.82) is 5.26 Å². The monoisotopic (exact) mass is 414 g/mol. The van der Waals surface area contributed by atoms with Crippen molar-refractivity contribution in [2.45, 2.75) is 13.1 Å². The van der Waals surface area contributed by atoms with E-state index in [0.717, 1.165) is 17.5 Å². The van der Waals surface area contributed by atoms with E-state index in [2.05, 4.69) is 33.5 Å². The van der Waals surface area contributed by atoms with E-state index >= 15 is 0 Å². The molecule has 0 fully saturated rings. The first kappa shape index (κ1) is 22.9. The van der Waals surface area contributed by atoms with Crippen molar-refractivity contribution in [1.82, 2.24) is 25.2 Å². The Hall–Kier alpha value is -4.43. The number of rotatable bonds is 5. The van der Waals surface area contributed by atoms with Gasteiger partial charge in [-0.1, -0.05) is 35.3 Å². The Morgan fingerprint density at radius 2 is 1.94 bits per heavy atom. The number of aromatic nitrogens is 3. The second kappa shape index (κ2) is 12.2. The molecule has 2 amide bonds. The van der Waals surface area contributed by atoms with E-state index in [-0.39, 0.29) is 5.91 Å². The van der Waals surface area contributed by atoms with Crippen molar-refractivity contribution in [3.8, 4) is 17.9 Å². The van der Waals surface area contributed by atoms with Gasteiger partial charge >= 0.3 is 0 Å². The molecule has 0 spiro atoms. The van der Waals surface area contributed by atoms with Crippen LogP contribution in [-0.2, 0) is 17.9 Å². The highest BCUT2D eigenvalue weighted by Crippen LogP contribution is 2.06. The van der Waals surface area contributed by atoms with Gasteiger partial charge < -0.3 is 10.2 Å². The molecule has 0 atom stereocenters. The maximum atomic E-state index is 12.3. The average molecular weight is 414 g/mol. The second-order valence-corrected chi connectivity index (χ2v) is 6.54. The highest BCUT2D eigenvalue weighted by Gasteiger charge is 2.05. The Balaban J connectivity index is 0.000000614. The summed E-state index contributed by atoms with van der Waals surface area (Å²) in [6.45, 7) is 0.835. The van der Waals surface area contributed by atoms with E-state index in [1.54, 1.807) is 61.5 Å². The number of carbonyl (C=O) groups excluding carboxylic acids is 2. The van der Waals surface area contributed by atoms with Gasteiger partial charge in [0.15, 0.2) is 0 Å². The average Bonchev–Trinajstić information content (AvgIpc) is 3.32. The lowest BCUT2D eigenvalue weighted by Gasteiger charge is -2.06. The van der Waals surface area contributed by atoms with Gasteiger partial charge in [0.05, 0.1) is 17.8 Å². The number of nitrogens with zero attached hydrogens (tertiary/aromatic N) is 5. The third-order valence-electron chi connectivity index (χ3n) is 3.82. The largest absolute Gasteiger partial charge is 0.351 e. The molecule has 0 bridgehead atoms. The summed E-state index contributed by atoms with van der Waals surface area (Å²) >= 11 is 0. The van der Waals surface area contributed by atoms with Crippen LogP contribution in [0.25, 0.3) is 0 Å². The Kier molecular flexibility index (Phi) is 8.99. The number of hydrogen-bond acceptors (Lipinski definition) is 5. The fourth-order valence-corrected chi connectivity index (χ4v) is 2.26. The number of benzene rings is 2. The minimum absolute atomic E-state index is 0.172. The molecule has 3 aromatic rings. The number of carbonyl (C=O) groups is 2. The lowest BCUT2D eigenvalue weighted by atomic mass is 10.1. The quantitative estimate of drug-likeness (QED) is 0.507. The SMILES string of the molecule is CN(C)C=O.N#Cc1ccc(CNC(=O)c2cccc(C#CCn3ccnn3)c2)cc1. The molecule has 0 saturated heterocycles. The number of amides is 2. The Morgan fingerprint density at radius 1 is 1.19 bits per heavy atom. The van der Waals surface area contributed by atoms with E-state index in [9.17, 15) is 9.59 Å². The predicted octanol–water partition coefficient (Wildman–Crippen LogP) is 1.84. The summed E-state index contributed by atoms with van der Waals surface area (Å²) in [6, 6.07) is 16.3. The summed E-state index contributed by atoms with van der Waals surface area (Å²) in [5.41, 5.74) is 2.83. The van der Waals surface area contributed by atoms with Crippen LogP contribution in [0.15, 0.2) is 60.9 Å². The molecule has 156 valence electrons. The van der Waals surface area contributed by atoms with Crippen LogP contribution in [0.2, 0.25) is 0 Å². The standard InChI is InChI=1S/C20H15N5O.C3H7NO/c21-14-17-6-8-18(9-7-17)15-22-20(26)19-5-1-3-16(13-19)4-2-11-25-12-10-23-24-25;1-4(2)3-5/h1,3,5-10,12-13H,11,15H2,(H,22,26);3H,1-2H3. The van der Waals surface area contributed by atoms with Crippen LogP contribution in [0.5, 0.6) is 0 Å². The first-order valence-corrected chi connectivity index (χ1v) is 9.34. The summed E-state index contributed by atoms with van der Waals surface area (Å²) in [5, 5.41) is 19.2. The smallest absolute Gasteiger partial charge is 0.251 e. The van der Waals surface area contributed by atoms with Crippen molar-refractivity contribution in [3.05, 3.63) is 83.2 Å². The Morgan fingerprint density at radius 3 is 2.55 bits per heavy atom. The third kappa shape index (κ3) is 8.22. The van der Waals surface area contributed by atoms with Crippen molar-refractivity contribution in [2.75, 3.05) is 14.1 Å². The van der Waals surface area contributed by atoms with Gasteiger partial charge in [-0.3, -0.25) is 9.59 Å². The minimum Gasteiger partial charge on any atom is -0.351 e. The van der Waals surface area contributed by atoms with Crippen molar-refractivity contribution < 1.29 is 9.59 Å². The molecular weight excluding hydrogens is 392 g/mol. The molecule has 1 aromatic heterocycles. The molecule has 0 aliphatic carbocycles. The third-order valence-corrected chi connectivity index (χ3v) is 3.82. The van der Waals surface area contributed by atoms with Crippen molar-refractivity contribution in [3.63, 3.8) is 0 Å². The zero-order chi connectivity index (χ0) is 22.5. The molecule has 1 N–H and O–H groups in total. The molecule has 0 saturated carbocycles. The van der Waals surface area contributed by atoms with Crippen LogP contribution < -0.4 is 5.32 Å². The molecule has 0 radical (unpaired) electrons. The molecule has 0 aliphatic rings. The van der Waals surface area contributed by atoms with Crippen LogP contribution in [0.1, 0.15) is 27.0 Å². The van der Waals surface area contributed by atoms with Crippen LogP contribution in [0, 0.1) is 23.2 Å². The molecular formula is C23H22N6O2.